The third-order valence-electron chi connectivity index (χ3n) is 3.90. The Morgan fingerprint density at radius 1 is 0.722 bits per heavy atom. The lowest BCUT2D eigenvalue weighted by molar-refractivity contribution is 0.450. The van der Waals surface area contributed by atoms with E-state index < -0.39 is 0 Å². The van der Waals surface area contributed by atoms with Gasteiger partial charge in [-0.25, -0.2) is 4.42 Å². The third-order valence-corrected chi connectivity index (χ3v) is 3.90. The Labute approximate surface area is 107 Å². The largest absolute Gasteiger partial charge is 0.333 e. The monoisotopic (exact) mass is 237 g/mol. The molecule has 0 atom stereocenters. The molecule has 0 amide bonds. The molecule has 2 saturated carbocycles. The zero-order chi connectivity index (χ0) is 11.9. The molecular formula is C17H17O+. The molecule has 90 valence electrons. The average molecular weight is 237 g/mol. The normalized spacial score (nSPS) is 18.9. The molecule has 18 heavy (non-hydrogen) atoms. The summed E-state index contributed by atoms with van der Waals surface area (Å²) in [5.74, 6) is 3.79. The third kappa shape index (κ3) is 1.94. The summed E-state index contributed by atoms with van der Waals surface area (Å²) >= 11 is 0. The van der Waals surface area contributed by atoms with E-state index in [4.69, 9.17) is 4.42 Å². The van der Waals surface area contributed by atoms with Gasteiger partial charge in [-0.3, -0.25) is 0 Å². The molecular weight excluding hydrogens is 220 g/mol. The van der Waals surface area contributed by atoms with Crippen molar-refractivity contribution < 1.29 is 4.42 Å². The smallest absolute Gasteiger partial charge is 0.217 e. The standard InChI is InChI=1S/C17H17O/c1-2-4-12(5-3-1)15-10-16(13-6-7-13)18-17(11-15)14-8-9-14/h1-5,10-11,13-14H,6-9H2/q+1. The lowest BCUT2D eigenvalue weighted by Crippen LogP contribution is -1.88. The van der Waals surface area contributed by atoms with Crippen molar-refractivity contribution in [1.29, 1.82) is 0 Å². The Hall–Kier alpha value is -1.63. The molecule has 0 bridgehead atoms. The molecule has 1 heterocycles. The number of benzene rings is 1. The van der Waals surface area contributed by atoms with Gasteiger partial charge in [-0.05, 0) is 36.8 Å². The molecule has 1 heteroatoms. The minimum Gasteiger partial charge on any atom is -0.217 e. The van der Waals surface area contributed by atoms with E-state index in [2.05, 4.69) is 42.5 Å². The van der Waals surface area contributed by atoms with Gasteiger partial charge in [0.1, 0.15) is 0 Å². The van der Waals surface area contributed by atoms with Gasteiger partial charge < -0.3 is 0 Å². The predicted molar refractivity (Wildman–Crippen MR) is 72.5 cm³/mol. The fourth-order valence-corrected chi connectivity index (χ4v) is 2.48. The maximum absolute atomic E-state index is 6.09. The van der Waals surface area contributed by atoms with Crippen LogP contribution in [0.3, 0.4) is 0 Å². The average Bonchev–Trinajstić information content (AvgIpc) is 3.32. The molecule has 1 aromatic heterocycles. The van der Waals surface area contributed by atoms with Crippen LogP contribution in [0.4, 0.5) is 0 Å². The first kappa shape index (κ1) is 10.3. The molecule has 0 unspecified atom stereocenters. The van der Waals surface area contributed by atoms with Gasteiger partial charge in [0.2, 0.25) is 0 Å². The first-order valence-corrected chi connectivity index (χ1v) is 6.93. The van der Waals surface area contributed by atoms with Crippen molar-refractivity contribution in [1.82, 2.24) is 0 Å². The first-order valence-electron chi connectivity index (χ1n) is 6.93. The van der Waals surface area contributed by atoms with Crippen LogP contribution in [0.15, 0.2) is 46.9 Å². The molecule has 1 nitrogen and oxygen atoms in total. The second-order valence-corrected chi connectivity index (χ2v) is 5.57. The fourth-order valence-electron chi connectivity index (χ4n) is 2.48. The lowest BCUT2D eigenvalue weighted by atomic mass is 10.0. The van der Waals surface area contributed by atoms with Crippen molar-refractivity contribution in [2.45, 2.75) is 37.5 Å². The van der Waals surface area contributed by atoms with Gasteiger partial charge in [0, 0.05) is 12.1 Å². The molecule has 0 saturated heterocycles. The van der Waals surface area contributed by atoms with Crippen LogP contribution in [-0.2, 0) is 0 Å². The summed E-state index contributed by atoms with van der Waals surface area (Å²) in [7, 11) is 0. The SMILES string of the molecule is c1ccc(-c2cc(C3CC3)[o+]c(C3CC3)c2)cc1. The number of rotatable bonds is 3. The molecule has 0 radical (unpaired) electrons. The maximum Gasteiger partial charge on any atom is 0.333 e. The van der Waals surface area contributed by atoms with E-state index in [-0.39, 0.29) is 0 Å². The van der Waals surface area contributed by atoms with Crippen LogP contribution in [0.1, 0.15) is 49.0 Å². The molecule has 0 aliphatic heterocycles. The van der Waals surface area contributed by atoms with E-state index in [0.717, 1.165) is 0 Å². The lowest BCUT2D eigenvalue weighted by Gasteiger charge is -2.00. The van der Waals surface area contributed by atoms with E-state index in [9.17, 15) is 0 Å². The number of hydrogen-bond donors (Lipinski definition) is 0. The summed E-state index contributed by atoms with van der Waals surface area (Å²) in [5.41, 5.74) is 2.63. The van der Waals surface area contributed by atoms with Gasteiger partial charge in [0.05, 0.1) is 11.8 Å². The van der Waals surface area contributed by atoms with Crippen molar-refractivity contribution in [3.63, 3.8) is 0 Å². The molecule has 0 N–H and O–H groups in total. The topological polar surface area (TPSA) is 11.3 Å². The Kier molecular flexibility index (Phi) is 2.26. The maximum atomic E-state index is 6.09. The summed E-state index contributed by atoms with van der Waals surface area (Å²) in [5, 5.41) is 0. The highest BCUT2D eigenvalue weighted by Crippen LogP contribution is 2.46. The molecule has 2 fully saturated rings. The van der Waals surface area contributed by atoms with Crippen LogP contribution in [0.5, 0.6) is 0 Å². The highest BCUT2D eigenvalue weighted by molar-refractivity contribution is 5.64. The van der Waals surface area contributed by atoms with Crippen molar-refractivity contribution in [2.24, 2.45) is 0 Å². The first-order chi connectivity index (χ1) is 8.90. The quantitative estimate of drug-likeness (QED) is 0.685. The molecule has 2 aromatic rings. The minimum atomic E-state index is 0.686. The van der Waals surface area contributed by atoms with Crippen LogP contribution < -0.4 is 0 Å². The Morgan fingerprint density at radius 2 is 1.28 bits per heavy atom. The van der Waals surface area contributed by atoms with Gasteiger partial charge in [0.15, 0.2) is 0 Å². The Balaban J connectivity index is 1.81. The van der Waals surface area contributed by atoms with Crippen LogP contribution in [0.25, 0.3) is 11.1 Å². The zero-order valence-corrected chi connectivity index (χ0v) is 10.4. The molecule has 2 aliphatic carbocycles. The van der Waals surface area contributed by atoms with Gasteiger partial charge >= 0.3 is 11.5 Å². The molecule has 1 aromatic carbocycles. The highest BCUT2D eigenvalue weighted by atomic mass is 16.3. The number of hydrogen-bond acceptors (Lipinski definition) is 0. The van der Waals surface area contributed by atoms with Crippen molar-refractivity contribution >= 4 is 0 Å². The van der Waals surface area contributed by atoms with Crippen LogP contribution >= 0.6 is 0 Å². The molecule has 2 aliphatic rings. The van der Waals surface area contributed by atoms with E-state index in [1.54, 1.807) is 0 Å². The van der Waals surface area contributed by atoms with Gasteiger partial charge in [-0.2, -0.15) is 0 Å². The van der Waals surface area contributed by atoms with Crippen LogP contribution in [-0.4, -0.2) is 0 Å². The minimum absolute atomic E-state index is 0.686. The summed E-state index contributed by atoms with van der Waals surface area (Å²) in [6.45, 7) is 0. The van der Waals surface area contributed by atoms with E-state index in [1.165, 1.54) is 48.3 Å². The summed E-state index contributed by atoms with van der Waals surface area (Å²) < 4.78 is 6.09. The predicted octanol–water partition coefficient (Wildman–Crippen LogP) is 4.98. The summed E-state index contributed by atoms with van der Waals surface area (Å²) in [6, 6.07) is 15.1. The van der Waals surface area contributed by atoms with Gasteiger partial charge in [-0.15, -0.1) is 0 Å². The highest BCUT2D eigenvalue weighted by Gasteiger charge is 2.39. The van der Waals surface area contributed by atoms with Gasteiger partial charge in [-0.1, -0.05) is 30.3 Å². The van der Waals surface area contributed by atoms with Crippen molar-refractivity contribution in [2.75, 3.05) is 0 Å². The Morgan fingerprint density at radius 3 is 1.78 bits per heavy atom. The Bertz CT molecular complexity index is 535. The van der Waals surface area contributed by atoms with E-state index in [1.807, 2.05) is 0 Å². The fraction of sp³-hybridized carbons (Fsp3) is 0.353. The molecule has 0 spiro atoms. The second-order valence-electron chi connectivity index (χ2n) is 5.57. The van der Waals surface area contributed by atoms with Crippen molar-refractivity contribution in [3.05, 3.63) is 54.0 Å². The van der Waals surface area contributed by atoms with E-state index >= 15 is 0 Å². The van der Waals surface area contributed by atoms with Crippen LogP contribution in [0, 0.1) is 0 Å². The van der Waals surface area contributed by atoms with Gasteiger partial charge in [0.25, 0.3) is 0 Å². The summed E-state index contributed by atoms with van der Waals surface area (Å²) in [6.07, 6.45) is 5.19. The van der Waals surface area contributed by atoms with Crippen molar-refractivity contribution in [3.8, 4) is 11.1 Å². The molecule has 4 rings (SSSR count). The van der Waals surface area contributed by atoms with E-state index in [0.29, 0.717) is 11.8 Å². The summed E-state index contributed by atoms with van der Waals surface area (Å²) in [4.78, 5) is 0. The zero-order valence-electron chi connectivity index (χ0n) is 10.4. The second kappa shape index (κ2) is 3.94. The van der Waals surface area contributed by atoms with Crippen LogP contribution in [0.2, 0.25) is 0 Å².